The molecule has 2 rings (SSSR count). The van der Waals surface area contributed by atoms with Crippen LogP contribution < -0.4 is 15.4 Å². The van der Waals surface area contributed by atoms with Crippen LogP contribution in [0.5, 0.6) is 5.75 Å². The molecule has 0 atom stereocenters. The van der Waals surface area contributed by atoms with Crippen LogP contribution in [0.2, 0.25) is 0 Å². The second-order valence-corrected chi connectivity index (χ2v) is 5.11. The van der Waals surface area contributed by atoms with Crippen LogP contribution in [0, 0.1) is 10.1 Å². The van der Waals surface area contributed by atoms with Crippen molar-refractivity contribution in [2.24, 2.45) is 0 Å². The van der Waals surface area contributed by atoms with Gasteiger partial charge in [0.1, 0.15) is 11.4 Å². The highest BCUT2D eigenvalue weighted by Crippen LogP contribution is 2.33. The third kappa shape index (κ3) is 4.07. The summed E-state index contributed by atoms with van der Waals surface area (Å²) in [5, 5.41) is 19.6. The Morgan fingerprint density at radius 1 is 1.33 bits per heavy atom. The first-order chi connectivity index (χ1) is 11.2. The van der Waals surface area contributed by atoms with Gasteiger partial charge in [0.25, 0.3) is 5.69 Å². The normalized spacial score (nSPS) is 11.0. The fourth-order valence-electron chi connectivity index (χ4n) is 1.53. The van der Waals surface area contributed by atoms with Crippen LogP contribution >= 0.6 is 11.3 Å². The lowest BCUT2D eigenvalue weighted by Crippen LogP contribution is -2.20. The first-order valence-electron chi connectivity index (χ1n) is 6.02. The molecule has 0 aliphatic heterocycles. The number of nitro benzene ring substituents is 1. The minimum absolute atomic E-state index is 0.122. The fourth-order valence-corrected chi connectivity index (χ4v) is 2.14. The molecular formula is C11H8F3N5O4S. The van der Waals surface area contributed by atoms with Crippen LogP contribution in [0.4, 0.5) is 34.5 Å². The number of ether oxygens (including phenoxy) is 1. The molecule has 9 nitrogen and oxygen atoms in total. The number of aromatic nitrogens is 2. The molecule has 1 aromatic heterocycles. The Balaban J connectivity index is 2.12. The van der Waals surface area contributed by atoms with Gasteiger partial charge in [0.2, 0.25) is 10.1 Å². The average molecular weight is 363 g/mol. The van der Waals surface area contributed by atoms with E-state index in [9.17, 15) is 28.1 Å². The van der Waals surface area contributed by atoms with Gasteiger partial charge in [-0.2, -0.15) is 13.2 Å². The van der Waals surface area contributed by atoms with Crippen molar-refractivity contribution in [1.82, 2.24) is 10.2 Å². The monoisotopic (exact) mass is 363 g/mol. The zero-order valence-electron chi connectivity index (χ0n) is 11.7. The van der Waals surface area contributed by atoms with Gasteiger partial charge in [0.15, 0.2) is 0 Å². The number of benzene rings is 1. The number of amides is 2. The van der Waals surface area contributed by atoms with Crippen molar-refractivity contribution in [3.8, 4) is 5.75 Å². The van der Waals surface area contributed by atoms with Crippen LogP contribution in [0.25, 0.3) is 0 Å². The number of nitrogens with one attached hydrogen (secondary N) is 2. The topological polar surface area (TPSA) is 119 Å². The van der Waals surface area contributed by atoms with Crippen LogP contribution in [0.1, 0.15) is 5.01 Å². The minimum Gasteiger partial charge on any atom is -0.496 e. The molecule has 0 saturated carbocycles. The van der Waals surface area contributed by atoms with Gasteiger partial charge < -0.3 is 10.1 Å². The number of rotatable bonds is 4. The highest BCUT2D eigenvalue weighted by molar-refractivity contribution is 7.15. The van der Waals surface area contributed by atoms with E-state index in [0.29, 0.717) is 0 Å². The second-order valence-electron chi connectivity index (χ2n) is 4.13. The van der Waals surface area contributed by atoms with Crippen LogP contribution in [-0.2, 0) is 6.18 Å². The summed E-state index contributed by atoms with van der Waals surface area (Å²) in [4.78, 5) is 22.0. The highest BCUT2D eigenvalue weighted by Gasteiger charge is 2.35. The summed E-state index contributed by atoms with van der Waals surface area (Å²) in [5.74, 6) is 0.201. The highest BCUT2D eigenvalue weighted by atomic mass is 32.1. The molecule has 2 aromatic rings. The maximum atomic E-state index is 12.4. The number of carbonyl (C=O) groups is 1. The standard InChI is InChI=1S/C11H8F3N5O4S/c1-23-5-2-3-6(7(4-5)19(21)22)15-9(20)16-10-18-17-8(24-10)11(12,13)14/h2-4H,1H3,(H2,15,16,18,20). The Hall–Kier alpha value is -2.96. The quantitative estimate of drug-likeness (QED) is 0.636. The van der Waals surface area contributed by atoms with Gasteiger partial charge in [-0.15, -0.1) is 10.2 Å². The Bertz CT molecular complexity index is 779. The van der Waals surface area contributed by atoms with Gasteiger partial charge in [-0.05, 0) is 12.1 Å². The molecule has 2 amide bonds. The van der Waals surface area contributed by atoms with Crippen molar-refractivity contribution in [3.05, 3.63) is 33.3 Å². The lowest BCUT2D eigenvalue weighted by Gasteiger charge is -2.07. The number of carbonyl (C=O) groups excluding carboxylic acids is 1. The molecule has 0 fully saturated rings. The van der Waals surface area contributed by atoms with Gasteiger partial charge in [-0.1, -0.05) is 11.3 Å². The summed E-state index contributed by atoms with van der Waals surface area (Å²) < 4.78 is 42.0. The van der Waals surface area contributed by atoms with Gasteiger partial charge >= 0.3 is 12.2 Å². The number of hydrogen-bond acceptors (Lipinski definition) is 7. The van der Waals surface area contributed by atoms with Crippen LogP contribution in [0.3, 0.4) is 0 Å². The number of urea groups is 1. The molecule has 13 heteroatoms. The summed E-state index contributed by atoms with van der Waals surface area (Å²) in [5.41, 5.74) is -0.614. The van der Waals surface area contributed by atoms with Crippen molar-refractivity contribution >= 4 is 33.9 Å². The summed E-state index contributed by atoms with van der Waals surface area (Å²) >= 11 is 0.122. The number of hydrogen-bond donors (Lipinski definition) is 2. The summed E-state index contributed by atoms with van der Waals surface area (Å²) in [6, 6.07) is 2.67. The van der Waals surface area contributed by atoms with E-state index in [0.717, 1.165) is 6.07 Å². The molecule has 2 N–H and O–H groups in total. The van der Waals surface area contributed by atoms with Gasteiger partial charge in [0.05, 0.1) is 18.1 Å². The maximum Gasteiger partial charge on any atom is 0.445 e. The van der Waals surface area contributed by atoms with Crippen molar-refractivity contribution in [1.29, 1.82) is 0 Å². The van der Waals surface area contributed by atoms with Gasteiger partial charge in [-0.3, -0.25) is 15.4 Å². The van der Waals surface area contributed by atoms with Crippen molar-refractivity contribution in [2.45, 2.75) is 6.18 Å². The van der Waals surface area contributed by atoms with Gasteiger partial charge in [0, 0.05) is 0 Å². The first kappa shape index (κ1) is 17.4. The molecule has 0 aliphatic carbocycles. The van der Waals surface area contributed by atoms with Crippen LogP contribution in [0.15, 0.2) is 18.2 Å². The summed E-state index contributed by atoms with van der Waals surface area (Å²) in [7, 11) is 1.31. The SMILES string of the molecule is COc1ccc(NC(=O)Nc2nnc(C(F)(F)F)s2)c([N+](=O)[O-])c1. The Morgan fingerprint density at radius 2 is 2.04 bits per heavy atom. The zero-order chi connectivity index (χ0) is 17.9. The molecule has 128 valence electrons. The molecule has 0 radical (unpaired) electrons. The molecule has 24 heavy (non-hydrogen) atoms. The molecule has 0 spiro atoms. The van der Waals surface area contributed by atoms with E-state index < -0.39 is 33.0 Å². The fraction of sp³-hybridized carbons (Fsp3) is 0.182. The molecular weight excluding hydrogens is 355 g/mol. The molecule has 0 saturated heterocycles. The molecule has 1 aromatic carbocycles. The predicted molar refractivity (Wildman–Crippen MR) is 77.2 cm³/mol. The Labute approximate surface area is 135 Å². The summed E-state index contributed by atoms with van der Waals surface area (Å²) in [6.45, 7) is 0. The average Bonchev–Trinajstić information content (AvgIpc) is 2.95. The third-order valence-corrected chi connectivity index (χ3v) is 3.42. The molecule has 0 bridgehead atoms. The van der Waals surface area contributed by atoms with E-state index in [1.165, 1.54) is 19.2 Å². The van der Waals surface area contributed by atoms with E-state index >= 15 is 0 Å². The minimum atomic E-state index is -4.68. The van der Waals surface area contributed by atoms with E-state index in [4.69, 9.17) is 4.74 Å². The van der Waals surface area contributed by atoms with E-state index in [1.807, 2.05) is 5.32 Å². The smallest absolute Gasteiger partial charge is 0.445 e. The number of anilines is 2. The lowest BCUT2D eigenvalue weighted by molar-refractivity contribution is -0.384. The largest absolute Gasteiger partial charge is 0.496 e. The van der Waals surface area contributed by atoms with E-state index in [2.05, 4.69) is 15.5 Å². The zero-order valence-corrected chi connectivity index (χ0v) is 12.6. The molecule has 0 unspecified atom stereocenters. The Kier molecular flexibility index (Phi) is 4.82. The Morgan fingerprint density at radius 3 is 2.58 bits per heavy atom. The maximum absolute atomic E-state index is 12.4. The third-order valence-electron chi connectivity index (χ3n) is 2.54. The van der Waals surface area contributed by atoms with Gasteiger partial charge in [-0.25, -0.2) is 4.79 Å². The molecule has 1 heterocycles. The van der Waals surface area contributed by atoms with Crippen LogP contribution in [-0.4, -0.2) is 28.3 Å². The van der Waals surface area contributed by atoms with Crippen molar-refractivity contribution in [2.75, 3.05) is 17.7 Å². The summed E-state index contributed by atoms with van der Waals surface area (Å²) in [6.07, 6.45) is -4.68. The predicted octanol–water partition coefficient (Wildman–Crippen LogP) is 3.12. The number of alkyl halides is 3. The van der Waals surface area contributed by atoms with Crippen molar-refractivity contribution in [3.63, 3.8) is 0 Å². The van der Waals surface area contributed by atoms with E-state index in [-0.39, 0.29) is 22.8 Å². The number of nitro groups is 1. The number of nitrogens with zero attached hydrogens (tertiary/aromatic N) is 3. The van der Waals surface area contributed by atoms with Crippen molar-refractivity contribution < 1.29 is 27.6 Å². The lowest BCUT2D eigenvalue weighted by atomic mass is 10.2. The number of methoxy groups -OCH3 is 1. The first-order valence-corrected chi connectivity index (χ1v) is 6.83. The second kappa shape index (κ2) is 6.66. The number of halogens is 3. The molecule has 0 aliphatic rings. The van der Waals surface area contributed by atoms with E-state index in [1.54, 1.807) is 0 Å².